The molecule has 0 radical (unpaired) electrons. The van der Waals surface area contributed by atoms with Gasteiger partial charge in [-0.2, -0.15) is 0 Å². The first-order valence-corrected chi connectivity index (χ1v) is 6.23. The number of carbonyl (C=O) groups excluding carboxylic acids is 1. The summed E-state index contributed by atoms with van der Waals surface area (Å²) in [6.07, 6.45) is 0. The van der Waals surface area contributed by atoms with Crippen molar-refractivity contribution in [1.29, 1.82) is 0 Å². The number of esters is 1. The maximum atomic E-state index is 12.1. The third-order valence-electron chi connectivity index (χ3n) is 2.97. The third kappa shape index (κ3) is 3.02. The van der Waals surface area contributed by atoms with E-state index in [4.69, 9.17) is 32.8 Å². The van der Waals surface area contributed by atoms with Gasteiger partial charge in [0.1, 0.15) is 5.56 Å². The van der Waals surface area contributed by atoms with Crippen LogP contribution in [-0.4, -0.2) is 22.2 Å². The Labute approximate surface area is 130 Å². The monoisotopic (exact) mass is 318 g/mol. The maximum Gasteiger partial charge on any atom is 0.347 e. The first-order chi connectivity index (χ1) is 10.7. The largest absolute Gasteiger partial charge is 0.505 e. The predicted octanol–water partition coefficient (Wildman–Crippen LogP) is 0.638. The molecule has 0 atom stereocenters. The van der Waals surface area contributed by atoms with Crippen molar-refractivity contribution in [3.05, 3.63) is 35.4 Å². The highest BCUT2D eigenvalue weighted by atomic mass is 16.5. The zero-order valence-electron chi connectivity index (χ0n) is 11.7. The fourth-order valence-corrected chi connectivity index (χ4v) is 1.90. The topological polar surface area (TPSA) is 188 Å². The van der Waals surface area contributed by atoms with Crippen molar-refractivity contribution in [2.45, 2.75) is 0 Å². The minimum atomic E-state index is -1.23. The molecule has 0 aliphatic heterocycles. The normalized spacial score (nSPS) is 10.3. The number of carboxylic acid groups (broad SMARTS) is 1. The molecule has 2 aromatic carbocycles. The van der Waals surface area contributed by atoms with Crippen LogP contribution in [0.25, 0.3) is 0 Å². The highest BCUT2D eigenvalue weighted by Gasteiger charge is 2.20. The minimum absolute atomic E-state index is 0.0980. The molecular weight excluding hydrogens is 304 g/mol. The summed E-state index contributed by atoms with van der Waals surface area (Å²) in [5, 5.41) is 18.7. The van der Waals surface area contributed by atoms with E-state index in [-0.39, 0.29) is 39.6 Å². The Hall–Kier alpha value is -3.62. The standard InChI is InChI=1S/C14H14N4O5/c15-6-3-7(11(19)8(16)4-6)14(22)23-12-9(17)1-5(13(20)21)2-10(12)18/h1-4,19H,15-18H2,(H,20,21). The molecule has 120 valence electrons. The van der Waals surface area contributed by atoms with E-state index in [2.05, 4.69) is 0 Å². The summed E-state index contributed by atoms with van der Waals surface area (Å²) in [5.41, 5.74) is 21.7. The van der Waals surface area contributed by atoms with Crippen molar-refractivity contribution in [1.82, 2.24) is 0 Å². The molecule has 9 heteroatoms. The Morgan fingerprint density at radius 1 is 0.913 bits per heavy atom. The lowest BCUT2D eigenvalue weighted by Crippen LogP contribution is -2.13. The molecular formula is C14H14N4O5. The van der Waals surface area contributed by atoms with Crippen LogP contribution in [0, 0.1) is 0 Å². The molecule has 0 heterocycles. The van der Waals surface area contributed by atoms with E-state index in [1.807, 2.05) is 0 Å². The second kappa shape index (κ2) is 5.64. The van der Waals surface area contributed by atoms with Crippen LogP contribution >= 0.6 is 0 Å². The molecule has 0 fully saturated rings. The summed E-state index contributed by atoms with van der Waals surface area (Å²) in [7, 11) is 0. The van der Waals surface area contributed by atoms with Crippen LogP contribution in [0.3, 0.4) is 0 Å². The lowest BCUT2D eigenvalue weighted by molar-refractivity contribution is 0.0696. The van der Waals surface area contributed by atoms with Crippen LogP contribution in [0.1, 0.15) is 20.7 Å². The quantitative estimate of drug-likeness (QED) is 0.155. The van der Waals surface area contributed by atoms with E-state index < -0.39 is 17.7 Å². The van der Waals surface area contributed by atoms with Gasteiger partial charge in [-0.15, -0.1) is 0 Å². The Bertz CT molecular complexity index is 796. The number of anilines is 4. The van der Waals surface area contributed by atoms with E-state index in [0.717, 1.165) is 12.1 Å². The van der Waals surface area contributed by atoms with Gasteiger partial charge in [0.2, 0.25) is 0 Å². The van der Waals surface area contributed by atoms with Gasteiger partial charge in [0, 0.05) is 5.69 Å². The van der Waals surface area contributed by atoms with Gasteiger partial charge >= 0.3 is 11.9 Å². The second-order valence-corrected chi connectivity index (χ2v) is 4.68. The third-order valence-corrected chi connectivity index (χ3v) is 2.97. The number of benzene rings is 2. The van der Waals surface area contributed by atoms with Crippen molar-refractivity contribution in [2.24, 2.45) is 0 Å². The number of phenolic OH excluding ortho intramolecular Hbond substituents is 1. The number of aromatic hydroxyl groups is 1. The summed E-state index contributed by atoms with van der Waals surface area (Å²) in [4.78, 5) is 23.0. The van der Waals surface area contributed by atoms with Crippen molar-refractivity contribution >= 4 is 34.7 Å². The van der Waals surface area contributed by atoms with Gasteiger partial charge < -0.3 is 37.9 Å². The first-order valence-electron chi connectivity index (χ1n) is 6.23. The molecule has 0 amide bonds. The lowest BCUT2D eigenvalue weighted by Gasteiger charge is -2.12. The van der Waals surface area contributed by atoms with Crippen LogP contribution in [0.15, 0.2) is 24.3 Å². The first kappa shape index (κ1) is 15.8. The number of hydrogen-bond donors (Lipinski definition) is 6. The number of nitrogen functional groups attached to an aromatic ring is 4. The lowest BCUT2D eigenvalue weighted by atomic mass is 10.1. The SMILES string of the molecule is Nc1cc(N)c(O)c(C(=O)Oc2c(N)cc(C(=O)O)cc2N)c1. The Kier molecular flexibility index (Phi) is 3.86. The summed E-state index contributed by atoms with van der Waals surface area (Å²) >= 11 is 0. The molecule has 0 bridgehead atoms. The minimum Gasteiger partial charge on any atom is -0.505 e. The van der Waals surface area contributed by atoms with Crippen molar-refractivity contribution in [3.63, 3.8) is 0 Å². The summed E-state index contributed by atoms with van der Waals surface area (Å²) in [6.45, 7) is 0. The van der Waals surface area contributed by atoms with Gasteiger partial charge in [0.15, 0.2) is 11.5 Å². The highest BCUT2D eigenvalue weighted by molar-refractivity contribution is 5.99. The number of nitrogens with two attached hydrogens (primary N) is 4. The fourth-order valence-electron chi connectivity index (χ4n) is 1.90. The van der Waals surface area contributed by atoms with Crippen molar-refractivity contribution < 1.29 is 24.5 Å². The van der Waals surface area contributed by atoms with Gasteiger partial charge in [0.05, 0.1) is 22.6 Å². The molecule has 0 saturated carbocycles. The van der Waals surface area contributed by atoms with Crippen LogP contribution in [-0.2, 0) is 0 Å². The number of ether oxygens (including phenoxy) is 1. The molecule has 0 aromatic heterocycles. The molecule has 10 N–H and O–H groups in total. The molecule has 0 saturated heterocycles. The number of carboxylic acids is 1. The molecule has 9 nitrogen and oxygen atoms in total. The zero-order valence-corrected chi connectivity index (χ0v) is 11.7. The number of phenols is 1. The van der Waals surface area contributed by atoms with Crippen LogP contribution in [0.4, 0.5) is 22.7 Å². The highest BCUT2D eigenvalue weighted by Crippen LogP contribution is 2.34. The van der Waals surface area contributed by atoms with E-state index in [1.54, 1.807) is 0 Å². The van der Waals surface area contributed by atoms with Gasteiger partial charge in [0.25, 0.3) is 0 Å². The van der Waals surface area contributed by atoms with E-state index in [9.17, 15) is 14.7 Å². The Balaban J connectivity index is 2.40. The molecule has 0 aliphatic carbocycles. The summed E-state index contributed by atoms with van der Waals surface area (Å²) < 4.78 is 5.03. The Morgan fingerprint density at radius 3 is 2.00 bits per heavy atom. The molecule has 2 aromatic rings. The maximum absolute atomic E-state index is 12.1. The molecule has 23 heavy (non-hydrogen) atoms. The molecule has 2 rings (SSSR count). The number of carbonyl (C=O) groups is 2. The smallest absolute Gasteiger partial charge is 0.347 e. The Morgan fingerprint density at radius 2 is 1.48 bits per heavy atom. The van der Waals surface area contributed by atoms with Crippen molar-refractivity contribution in [3.8, 4) is 11.5 Å². The summed E-state index contributed by atoms with van der Waals surface area (Å²) in [6, 6.07) is 4.63. The van der Waals surface area contributed by atoms with Crippen LogP contribution < -0.4 is 27.7 Å². The second-order valence-electron chi connectivity index (χ2n) is 4.68. The van der Waals surface area contributed by atoms with Crippen molar-refractivity contribution in [2.75, 3.05) is 22.9 Å². The van der Waals surface area contributed by atoms with Gasteiger partial charge in [-0.3, -0.25) is 0 Å². The van der Waals surface area contributed by atoms with Crippen LogP contribution in [0.5, 0.6) is 11.5 Å². The summed E-state index contributed by atoms with van der Waals surface area (Å²) in [5.74, 6) is -2.95. The average Bonchev–Trinajstić information content (AvgIpc) is 2.46. The molecule has 0 spiro atoms. The van der Waals surface area contributed by atoms with E-state index in [0.29, 0.717) is 0 Å². The molecule has 0 unspecified atom stereocenters. The predicted molar refractivity (Wildman–Crippen MR) is 84.1 cm³/mol. The van der Waals surface area contributed by atoms with Gasteiger partial charge in [-0.25, -0.2) is 9.59 Å². The van der Waals surface area contributed by atoms with E-state index in [1.165, 1.54) is 12.1 Å². The van der Waals surface area contributed by atoms with Gasteiger partial charge in [-0.05, 0) is 24.3 Å². The number of aromatic carboxylic acids is 1. The number of hydrogen-bond acceptors (Lipinski definition) is 8. The molecule has 0 aliphatic rings. The van der Waals surface area contributed by atoms with E-state index >= 15 is 0 Å². The average molecular weight is 318 g/mol. The van der Waals surface area contributed by atoms with Gasteiger partial charge in [-0.1, -0.05) is 0 Å². The number of rotatable bonds is 3. The van der Waals surface area contributed by atoms with Crippen LogP contribution in [0.2, 0.25) is 0 Å². The fraction of sp³-hybridized carbons (Fsp3) is 0. The zero-order chi connectivity index (χ0) is 17.3.